The van der Waals surface area contributed by atoms with Gasteiger partial charge in [0.2, 0.25) is 0 Å². The lowest BCUT2D eigenvalue weighted by Crippen LogP contribution is -2.36. The fraction of sp³-hybridized carbons (Fsp3) is 0.400. The lowest BCUT2D eigenvalue weighted by molar-refractivity contribution is 0.0102. The molecular weight excluding hydrogens is 270 g/mol. The van der Waals surface area contributed by atoms with E-state index >= 15 is 0 Å². The zero-order valence-electron chi connectivity index (χ0n) is 13.5. The quantitative estimate of drug-likeness (QED) is 0.860. The van der Waals surface area contributed by atoms with E-state index in [1.54, 1.807) is 0 Å². The summed E-state index contributed by atoms with van der Waals surface area (Å²) in [4.78, 5) is 0. The predicted molar refractivity (Wildman–Crippen MR) is 92.4 cm³/mol. The standard InChI is InChI=1S/C20H24O.H3N/c1-21-19-13-8-14-20(19,15-17-9-4-2-5-10-17)16-18-11-6-3-7-12-18;/h2-7,9-12,19H,8,13-16H2,1H3;1H3. The van der Waals surface area contributed by atoms with Gasteiger partial charge in [0.25, 0.3) is 0 Å². The monoisotopic (exact) mass is 297 g/mol. The van der Waals surface area contributed by atoms with Gasteiger partial charge in [-0.3, -0.25) is 0 Å². The lowest BCUT2D eigenvalue weighted by Gasteiger charge is -2.35. The van der Waals surface area contributed by atoms with Crippen LogP contribution in [0.4, 0.5) is 0 Å². The average Bonchev–Trinajstić information content (AvgIpc) is 2.91. The molecule has 1 fully saturated rings. The van der Waals surface area contributed by atoms with Gasteiger partial charge < -0.3 is 10.9 Å². The Morgan fingerprint density at radius 3 is 1.86 bits per heavy atom. The summed E-state index contributed by atoms with van der Waals surface area (Å²) in [6, 6.07) is 21.7. The molecule has 2 aromatic rings. The Labute approximate surface area is 134 Å². The van der Waals surface area contributed by atoms with E-state index in [0.29, 0.717) is 6.10 Å². The number of hydrogen-bond acceptors (Lipinski definition) is 2. The molecule has 0 spiro atoms. The summed E-state index contributed by atoms with van der Waals surface area (Å²) in [5.74, 6) is 0. The van der Waals surface area contributed by atoms with Gasteiger partial charge in [-0.1, -0.05) is 67.1 Å². The second-order valence-corrected chi connectivity index (χ2v) is 6.30. The summed E-state index contributed by atoms with van der Waals surface area (Å²) < 4.78 is 5.87. The van der Waals surface area contributed by atoms with Gasteiger partial charge in [-0.25, -0.2) is 0 Å². The SMILES string of the molecule is COC1CCCC1(Cc1ccccc1)Cc1ccccc1.N. The molecule has 0 bridgehead atoms. The van der Waals surface area contributed by atoms with Crippen molar-refractivity contribution < 1.29 is 4.74 Å². The number of benzene rings is 2. The average molecular weight is 297 g/mol. The van der Waals surface area contributed by atoms with Crippen LogP contribution < -0.4 is 6.15 Å². The third-order valence-corrected chi connectivity index (χ3v) is 4.91. The van der Waals surface area contributed by atoms with E-state index in [2.05, 4.69) is 60.7 Å². The van der Waals surface area contributed by atoms with Crippen LogP contribution in [0, 0.1) is 5.41 Å². The molecule has 0 amide bonds. The van der Waals surface area contributed by atoms with Crippen molar-refractivity contribution in [3.63, 3.8) is 0 Å². The van der Waals surface area contributed by atoms with E-state index in [9.17, 15) is 0 Å². The van der Waals surface area contributed by atoms with Gasteiger partial charge >= 0.3 is 0 Å². The van der Waals surface area contributed by atoms with Crippen molar-refractivity contribution in [2.24, 2.45) is 5.41 Å². The molecule has 1 saturated carbocycles. The minimum Gasteiger partial charge on any atom is -0.381 e. The minimum atomic E-state index is 0. The first-order valence-corrected chi connectivity index (χ1v) is 7.93. The number of rotatable bonds is 5. The van der Waals surface area contributed by atoms with Crippen molar-refractivity contribution in [2.45, 2.75) is 38.2 Å². The van der Waals surface area contributed by atoms with E-state index in [0.717, 1.165) is 12.8 Å². The highest BCUT2D eigenvalue weighted by Gasteiger charge is 2.43. The Bertz CT molecular complexity index is 511. The summed E-state index contributed by atoms with van der Waals surface area (Å²) in [5.41, 5.74) is 3.10. The van der Waals surface area contributed by atoms with E-state index in [-0.39, 0.29) is 11.6 Å². The normalized spacial score (nSPS) is 19.6. The van der Waals surface area contributed by atoms with Crippen molar-refractivity contribution in [2.75, 3.05) is 7.11 Å². The highest BCUT2D eigenvalue weighted by atomic mass is 16.5. The Balaban J connectivity index is 0.00000176. The third-order valence-electron chi connectivity index (χ3n) is 4.91. The number of hydrogen-bond donors (Lipinski definition) is 1. The molecule has 3 rings (SSSR count). The molecule has 1 aliphatic carbocycles. The molecule has 2 nitrogen and oxygen atoms in total. The summed E-state index contributed by atoms with van der Waals surface area (Å²) in [7, 11) is 1.88. The van der Waals surface area contributed by atoms with Crippen LogP contribution in [0.25, 0.3) is 0 Å². The second kappa shape index (κ2) is 7.57. The Morgan fingerprint density at radius 1 is 0.909 bits per heavy atom. The molecule has 0 radical (unpaired) electrons. The van der Waals surface area contributed by atoms with Crippen LogP contribution in [0.3, 0.4) is 0 Å². The Morgan fingerprint density at radius 2 is 1.41 bits per heavy atom. The van der Waals surface area contributed by atoms with E-state index < -0.39 is 0 Å². The molecule has 1 aliphatic rings. The number of ether oxygens (including phenoxy) is 1. The minimum absolute atomic E-state index is 0. The molecule has 0 saturated heterocycles. The van der Waals surface area contributed by atoms with Gasteiger partial charge in [-0.2, -0.15) is 0 Å². The topological polar surface area (TPSA) is 44.2 Å². The molecule has 2 aromatic carbocycles. The summed E-state index contributed by atoms with van der Waals surface area (Å²) in [6.45, 7) is 0. The molecule has 0 aromatic heterocycles. The van der Waals surface area contributed by atoms with Gasteiger partial charge in [0.15, 0.2) is 0 Å². The van der Waals surface area contributed by atoms with E-state index in [1.807, 2.05) is 7.11 Å². The molecule has 2 heteroatoms. The van der Waals surface area contributed by atoms with Crippen LogP contribution in [-0.4, -0.2) is 13.2 Å². The van der Waals surface area contributed by atoms with Crippen LogP contribution >= 0.6 is 0 Å². The van der Waals surface area contributed by atoms with Crippen molar-refractivity contribution in [3.05, 3.63) is 71.8 Å². The molecule has 22 heavy (non-hydrogen) atoms. The first-order chi connectivity index (χ1) is 10.3. The fourth-order valence-electron chi connectivity index (χ4n) is 3.95. The smallest absolute Gasteiger partial charge is 0.0633 e. The molecule has 0 heterocycles. The predicted octanol–water partition coefficient (Wildman–Crippen LogP) is 4.82. The molecule has 0 aliphatic heterocycles. The third kappa shape index (κ3) is 3.57. The first-order valence-electron chi connectivity index (χ1n) is 7.93. The molecule has 1 unspecified atom stereocenters. The van der Waals surface area contributed by atoms with Crippen molar-refractivity contribution in [1.82, 2.24) is 6.15 Å². The highest BCUT2D eigenvalue weighted by molar-refractivity contribution is 5.22. The molecular formula is C20H27NO. The lowest BCUT2D eigenvalue weighted by atomic mass is 9.73. The first kappa shape index (κ1) is 16.7. The van der Waals surface area contributed by atoms with Gasteiger partial charge in [-0.05, 0) is 36.8 Å². The second-order valence-electron chi connectivity index (χ2n) is 6.30. The van der Waals surface area contributed by atoms with Crippen LogP contribution in [-0.2, 0) is 17.6 Å². The fourth-order valence-corrected chi connectivity index (χ4v) is 3.95. The maximum Gasteiger partial charge on any atom is 0.0633 e. The van der Waals surface area contributed by atoms with Crippen molar-refractivity contribution in [3.8, 4) is 0 Å². The van der Waals surface area contributed by atoms with Gasteiger partial charge in [0.1, 0.15) is 0 Å². The van der Waals surface area contributed by atoms with Gasteiger partial charge in [0, 0.05) is 12.5 Å². The van der Waals surface area contributed by atoms with Gasteiger partial charge in [-0.15, -0.1) is 0 Å². The zero-order valence-corrected chi connectivity index (χ0v) is 13.5. The van der Waals surface area contributed by atoms with Crippen LogP contribution in [0.2, 0.25) is 0 Å². The van der Waals surface area contributed by atoms with Crippen molar-refractivity contribution in [1.29, 1.82) is 0 Å². The highest BCUT2D eigenvalue weighted by Crippen LogP contribution is 2.45. The maximum atomic E-state index is 5.87. The summed E-state index contributed by atoms with van der Waals surface area (Å²) in [6.07, 6.45) is 6.32. The Hall–Kier alpha value is -1.64. The maximum absolute atomic E-state index is 5.87. The largest absolute Gasteiger partial charge is 0.381 e. The Kier molecular flexibility index (Phi) is 5.76. The molecule has 3 N–H and O–H groups in total. The summed E-state index contributed by atoms with van der Waals surface area (Å²) in [5, 5.41) is 0. The van der Waals surface area contributed by atoms with E-state index in [4.69, 9.17) is 4.74 Å². The summed E-state index contributed by atoms with van der Waals surface area (Å²) >= 11 is 0. The van der Waals surface area contributed by atoms with Crippen LogP contribution in [0.1, 0.15) is 30.4 Å². The van der Waals surface area contributed by atoms with Crippen molar-refractivity contribution >= 4 is 0 Å². The van der Waals surface area contributed by atoms with Crippen LogP contribution in [0.15, 0.2) is 60.7 Å². The van der Waals surface area contributed by atoms with E-state index in [1.165, 1.54) is 30.4 Å². The molecule has 1 atom stereocenters. The zero-order chi connectivity index (χ0) is 14.5. The van der Waals surface area contributed by atoms with Crippen LogP contribution in [0.5, 0.6) is 0 Å². The molecule has 118 valence electrons. The number of methoxy groups -OCH3 is 1. The van der Waals surface area contributed by atoms with Gasteiger partial charge in [0.05, 0.1) is 6.10 Å².